The molecule has 0 aliphatic carbocycles. The molecular formula is C15H23N5. The Morgan fingerprint density at radius 1 is 1.45 bits per heavy atom. The number of aryl methyl sites for hydroxylation is 2. The van der Waals surface area contributed by atoms with E-state index in [0.717, 1.165) is 25.2 Å². The summed E-state index contributed by atoms with van der Waals surface area (Å²) in [4.78, 5) is 0. The van der Waals surface area contributed by atoms with Crippen molar-refractivity contribution in [2.45, 2.75) is 39.4 Å². The summed E-state index contributed by atoms with van der Waals surface area (Å²) in [6, 6.07) is 0.325. The zero-order chi connectivity index (χ0) is 14.5. The van der Waals surface area contributed by atoms with E-state index in [9.17, 15) is 0 Å². The molecule has 1 N–H and O–H groups in total. The lowest BCUT2D eigenvalue weighted by molar-refractivity contribution is 0.517. The standard InChI is InChI=1S/C15H23N5/c1-5-7-20-11-13(12(3)18-20)8-16-15(6-2)14-9-17-19(4)10-14/h5,9-11,15-16H,1,6-8H2,2-4H3/t15-/m0/s1. The molecule has 0 radical (unpaired) electrons. The van der Waals surface area contributed by atoms with Gasteiger partial charge >= 0.3 is 0 Å². The van der Waals surface area contributed by atoms with E-state index in [1.165, 1.54) is 11.1 Å². The molecule has 20 heavy (non-hydrogen) atoms. The van der Waals surface area contributed by atoms with E-state index < -0.39 is 0 Å². The van der Waals surface area contributed by atoms with Crippen molar-refractivity contribution >= 4 is 0 Å². The van der Waals surface area contributed by atoms with Crippen molar-refractivity contribution in [1.82, 2.24) is 24.9 Å². The van der Waals surface area contributed by atoms with Crippen molar-refractivity contribution in [3.8, 4) is 0 Å². The van der Waals surface area contributed by atoms with Gasteiger partial charge < -0.3 is 5.32 Å². The van der Waals surface area contributed by atoms with Crippen LogP contribution in [0.2, 0.25) is 0 Å². The fourth-order valence-electron chi connectivity index (χ4n) is 2.31. The SMILES string of the molecule is C=CCn1cc(CN[C@@H](CC)c2cnn(C)c2)c(C)n1. The fraction of sp³-hybridized carbons (Fsp3) is 0.467. The molecule has 2 rings (SSSR count). The molecule has 0 bridgehead atoms. The minimum atomic E-state index is 0.325. The van der Waals surface area contributed by atoms with E-state index in [0.29, 0.717) is 6.04 Å². The summed E-state index contributed by atoms with van der Waals surface area (Å²) in [5, 5.41) is 12.3. The van der Waals surface area contributed by atoms with Gasteiger partial charge in [0.05, 0.1) is 18.4 Å². The Morgan fingerprint density at radius 2 is 2.25 bits per heavy atom. The smallest absolute Gasteiger partial charge is 0.0638 e. The first kappa shape index (κ1) is 14.5. The highest BCUT2D eigenvalue weighted by Gasteiger charge is 2.12. The van der Waals surface area contributed by atoms with Crippen LogP contribution in [-0.4, -0.2) is 19.6 Å². The minimum Gasteiger partial charge on any atom is -0.306 e. The Hall–Kier alpha value is -1.88. The molecule has 0 unspecified atom stereocenters. The van der Waals surface area contributed by atoms with Gasteiger partial charge in [-0.1, -0.05) is 13.0 Å². The lowest BCUT2D eigenvalue weighted by Gasteiger charge is -2.14. The van der Waals surface area contributed by atoms with Crippen molar-refractivity contribution in [2.24, 2.45) is 7.05 Å². The van der Waals surface area contributed by atoms with Crippen LogP contribution in [0.1, 0.15) is 36.2 Å². The summed E-state index contributed by atoms with van der Waals surface area (Å²) in [7, 11) is 1.94. The van der Waals surface area contributed by atoms with Crippen LogP contribution in [0.15, 0.2) is 31.2 Å². The summed E-state index contributed by atoms with van der Waals surface area (Å²) in [5.41, 5.74) is 3.53. The van der Waals surface area contributed by atoms with Gasteiger partial charge in [0, 0.05) is 43.2 Å². The molecule has 0 saturated heterocycles. The summed E-state index contributed by atoms with van der Waals surface area (Å²) in [5.74, 6) is 0. The number of nitrogens with one attached hydrogen (secondary N) is 1. The molecule has 108 valence electrons. The summed E-state index contributed by atoms with van der Waals surface area (Å²) in [6.07, 6.45) is 8.96. The Bertz CT molecular complexity index is 567. The first-order valence-corrected chi connectivity index (χ1v) is 6.99. The zero-order valence-electron chi connectivity index (χ0n) is 12.5. The summed E-state index contributed by atoms with van der Waals surface area (Å²) in [6.45, 7) is 9.53. The van der Waals surface area contributed by atoms with E-state index in [1.807, 2.05) is 35.6 Å². The van der Waals surface area contributed by atoms with Crippen LogP contribution in [-0.2, 0) is 20.1 Å². The van der Waals surface area contributed by atoms with Crippen LogP contribution in [0.4, 0.5) is 0 Å². The van der Waals surface area contributed by atoms with E-state index in [1.54, 1.807) is 0 Å². The van der Waals surface area contributed by atoms with Crippen LogP contribution >= 0.6 is 0 Å². The van der Waals surface area contributed by atoms with E-state index >= 15 is 0 Å². The number of rotatable bonds is 7. The zero-order valence-corrected chi connectivity index (χ0v) is 12.5. The molecule has 2 heterocycles. The average molecular weight is 273 g/mol. The molecule has 5 nitrogen and oxygen atoms in total. The van der Waals surface area contributed by atoms with Crippen molar-refractivity contribution in [3.63, 3.8) is 0 Å². The maximum absolute atomic E-state index is 4.47. The van der Waals surface area contributed by atoms with Crippen molar-refractivity contribution in [3.05, 3.63) is 48.1 Å². The van der Waals surface area contributed by atoms with Gasteiger partial charge in [-0.25, -0.2) is 0 Å². The molecule has 0 fully saturated rings. The number of nitrogens with zero attached hydrogens (tertiary/aromatic N) is 4. The van der Waals surface area contributed by atoms with Crippen LogP contribution in [0.5, 0.6) is 0 Å². The first-order chi connectivity index (χ1) is 9.63. The highest BCUT2D eigenvalue weighted by Crippen LogP contribution is 2.16. The van der Waals surface area contributed by atoms with Gasteiger partial charge in [-0.05, 0) is 13.3 Å². The quantitative estimate of drug-likeness (QED) is 0.788. The monoisotopic (exact) mass is 273 g/mol. The molecular weight excluding hydrogens is 250 g/mol. The highest BCUT2D eigenvalue weighted by atomic mass is 15.3. The second-order valence-electron chi connectivity index (χ2n) is 5.04. The second kappa shape index (κ2) is 6.52. The van der Waals surface area contributed by atoms with Crippen LogP contribution < -0.4 is 5.32 Å². The molecule has 0 spiro atoms. The van der Waals surface area contributed by atoms with Gasteiger partial charge in [0.2, 0.25) is 0 Å². The van der Waals surface area contributed by atoms with Crippen LogP contribution in [0.25, 0.3) is 0 Å². The molecule has 2 aromatic heterocycles. The van der Waals surface area contributed by atoms with Crippen molar-refractivity contribution in [2.75, 3.05) is 0 Å². The molecule has 1 atom stereocenters. The molecule has 2 aromatic rings. The number of hydrogen-bond acceptors (Lipinski definition) is 3. The van der Waals surface area contributed by atoms with Gasteiger partial charge in [0.15, 0.2) is 0 Å². The van der Waals surface area contributed by atoms with Crippen LogP contribution in [0, 0.1) is 6.92 Å². The lowest BCUT2D eigenvalue weighted by atomic mass is 10.1. The third kappa shape index (κ3) is 3.36. The van der Waals surface area contributed by atoms with Gasteiger partial charge in [-0.2, -0.15) is 10.2 Å². The van der Waals surface area contributed by atoms with Crippen molar-refractivity contribution in [1.29, 1.82) is 0 Å². The number of hydrogen-bond donors (Lipinski definition) is 1. The third-order valence-electron chi connectivity index (χ3n) is 3.44. The normalized spacial score (nSPS) is 12.6. The van der Waals surface area contributed by atoms with E-state index in [-0.39, 0.29) is 0 Å². The van der Waals surface area contributed by atoms with E-state index in [4.69, 9.17) is 0 Å². The maximum Gasteiger partial charge on any atom is 0.0638 e. The number of allylic oxidation sites excluding steroid dienone is 1. The van der Waals surface area contributed by atoms with Gasteiger partial charge in [0.1, 0.15) is 0 Å². The van der Waals surface area contributed by atoms with Gasteiger partial charge in [0.25, 0.3) is 0 Å². The summed E-state index contributed by atoms with van der Waals surface area (Å²) < 4.78 is 3.76. The molecule has 0 aliphatic rings. The van der Waals surface area contributed by atoms with Gasteiger partial charge in [-0.15, -0.1) is 6.58 Å². The lowest BCUT2D eigenvalue weighted by Crippen LogP contribution is -2.20. The van der Waals surface area contributed by atoms with E-state index in [2.05, 4.69) is 41.4 Å². The Kier molecular flexibility index (Phi) is 4.74. The fourth-order valence-corrected chi connectivity index (χ4v) is 2.31. The average Bonchev–Trinajstić information content (AvgIpc) is 2.98. The third-order valence-corrected chi connectivity index (χ3v) is 3.44. The molecule has 5 heteroatoms. The van der Waals surface area contributed by atoms with Crippen molar-refractivity contribution < 1.29 is 0 Å². The van der Waals surface area contributed by atoms with Gasteiger partial charge in [-0.3, -0.25) is 9.36 Å². The molecule has 0 aromatic carbocycles. The maximum atomic E-state index is 4.47. The van der Waals surface area contributed by atoms with Crippen LogP contribution in [0.3, 0.4) is 0 Å². The molecule has 0 saturated carbocycles. The first-order valence-electron chi connectivity index (χ1n) is 6.99. The summed E-state index contributed by atoms with van der Waals surface area (Å²) >= 11 is 0. The Balaban J connectivity index is 2.01. The largest absolute Gasteiger partial charge is 0.306 e. The molecule has 0 amide bonds. The number of aromatic nitrogens is 4. The second-order valence-corrected chi connectivity index (χ2v) is 5.04. The molecule has 0 aliphatic heterocycles. The predicted molar refractivity (Wildman–Crippen MR) is 80.2 cm³/mol. The minimum absolute atomic E-state index is 0.325. The topological polar surface area (TPSA) is 47.7 Å². The highest BCUT2D eigenvalue weighted by molar-refractivity contribution is 5.17. The Labute approximate surface area is 120 Å². The predicted octanol–water partition coefficient (Wildman–Crippen LogP) is 2.35. The Morgan fingerprint density at radius 3 is 2.85 bits per heavy atom.